The predicted molar refractivity (Wildman–Crippen MR) is 76.9 cm³/mol. The molecule has 1 rings (SSSR count). The summed E-state index contributed by atoms with van der Waals surface area (Å²) in [5, 5.41) is 0. The third-order valence-electron chi connectivity index (χ3n) is 2.94. The van der Waals surface area contributed by atoms with Crippen molar-refractivity contribution in [3.8, 4) is 0 Å². The molecule has 0 saturated carbocycles. The molecule has 0 bridgehead atoms. The van der Waals surface area contributed by atoms with Gasteiger partial charge in [0, 0.05) is 11.1 Å². The van der Waals surface area contributed by atoms with Crippen molar-refractivity contribution in [3.63, 3.8) is 0 Å². The minimum Gasteiger partial charge on any atom is -0.302 e. The lowest BCUT2D eigenvalue weighted by atomic mass is 9.87. The molecule has 0 aliphatic heterocycles. The Balaban J connectivity index is 3.37. The monoisotopic (exact) mass is 249 g/mol. The van der Waals surface area contributed by atoms with E-state index < -0.39 is 0 Å². The highest BCUT2D eigenvalue weighted by atomic mass is 15.1. The van der Waals surface area contributed by atoms with E-state index in [-0.39, 0.29) is 5.41 Å². The highest BCUT2D eigenvalue weighted by Crippen LogP contribution is 2.28. The van der Waals surface area contributed by atoms with Crippen LogP contribution < -0.4 is 0 Å². The average molecular weight is 249 g/mol. The first-order valence-electron chi connectivity index (χ1n) is 6.65. The Hall–Kier alpha value is -0.960. The summed E-state index contributed by atoms with van der Waals surface area (Å²) in [6, 6.07) is 0. The fourth-order valence-corrected chi connectivity index (χ4v) is 2.23. The van der Waals surface area contributed by atoms with Gasteiger partial charge in [-0.25, -0.2) is 9.97 Å². The number of hydrogen-bond acceptors (Lipinski definition) is 3. The van der Waals surface area contributed by atoms with E-state index in [2.05, 4.69) is 60.5 Å². The predicted octanol–water partition coefficient (Wildman–Crippen LogP) is 3.27. The summed E-state index contributed by atoms with van der Waals surface area (Å²) in [6.45, 7) is 14.0. The highest BCUT2D eigenvalue weighted by molar-refractivity contribution is 5.31. The smallest absolute Gasteiger partial charge is 0.142 e. The molecule has 3 heteroatoms. The number of hydrogen-bond donors (Lipinski definition) is 0. The van der Waals surface area contributed by atoms with Crippen molar-refractivity contribution in [2.45, 2.75) is 59.4 Å². The molecular weight excluding hydrogens is 222 g/mol. The molecule has 0 spiro atoms. The van der Waals surface area contributed by atoms with Gasteiger partial charge in [0.15, 0.2) is 0 Å². The zero-order valence-electron chi connectivity index (χ0n) is 13.1. The highest BCUT2D eigenvalue weighted by Gasteiger charge is 2.23. The van der Waals surface area contributed by atoms with Crippen LogP contribution in [0.2, 0.25) is 0 Å². The first kappa shape index (κ1) is 15.1. The van der Waals surface area contributed by atoms with Gasteiger partial charge in [0.05, 0.1) is 12.2 Å². The van der Waals surface area contributed by atoms with Crippen LogP contribution in [0.25, 0.3) is 0 Å². The van der Waals surface area contributed by atoms with Crippen LogP contribution in [0.3, 0.4) is 0 Å². The van der Waals surface area contributed by atoms with E-state index in [9.17, 15) is 0 Å². The Morgan fingerprint density at radius 3 is 2.06 bits per heavy atom. The van der Waals surface area contributed by atoms with E-state index in [0.29, 0.717) is 5.92 Å². The van der Waals surface area contributed by atoms with Gasteiger partial charge in [0.25, 0.3) is 0 Å². The van der Waals surface area contributed by atoms with Crippen molar-refractivity contribution in [1.82, 2.24) is 14.9 Å². The molecule has 1 heterocycles. The first-order chi connectivity index (χ1) is 8.12. The number of rotatable bonds is 3. The second-order valence-corrected chi connectivity index (χ2v) is 6.64. The topological polar surface area (TPSA) is 29.0 Å². The van der Waals surface area contributed by atoms with Crippen LogP contribution in [0.1, 0.15) is 63.3 Å². The molecule has 0 aliphatic rings. The van der Waals surface area contributed by atoms with Gasteiger partial charge in [0.2, 0.25) is 0 Å². The Bertz CT molecular complexity index is 414. The molecule has 0 N–H and O–H groups in total. The van der Waals surface area contributed by atoms with Gasteiger partial charge in [0.1, 0.15) is 5.82 Å². The molecular formula is C15H27N3. The maximum absolute atomic E-state index is 4.77. The van der Waals surface area contributed by atoms with Gasteiger partial charge in [-0.1, -0.05) is 34.6 Å². The normalized spacial score (nSPS) is 12.6. The van der Waals surface area contributed by atoms with E-state index in [1.165, 1.54) is 17.0 Å². The van der Waals surface area contributed by atoms with Crippen LogP contribution in [-0.2, 0) is 12.0 Å². The fraction of sp³-hybridized carbons (Fsp3) is 0.733. The summed E-state index contributed by atoms with van der Waals surface area (Å²) < 4.78 is 0. The molecule has 0 aromatic carbocycles. The lowest BCUT2D eigenvalue weighted by molar-refractivity contribution is 0.386. The van der Waals surface area contributed by atoms with Gasteiger partial charge in [-0.15, -0.1) is 0 Å². The summed E-state index contributed by atoms with van der Waals surface area (Å²) in [4.78, 5) is 11.6. The van der Waals surface area contributed by atoms with Crippen molar-refractivity contribution >= 4 is 0 Å². The van der Waals surface area contributed by atoms with Crippen LogP contribution in [0.15, 0.2) is 0 Å². The van der Waals surface area contributed by atoms with Crippen LogP contribution in [0, 0.1) is 6.92 Å². The molecule has 0 unspecified atom stereocenters. The maximum Gasteiger partial charge on any atom is 0.142 e. The molecule has 18 heavy (non-hydrogen) atoms. The van der Waals surface area contributed by atoms with E-state index >= 15 is 0 Å². The lowest BCUT2D eigenvalue weighted by Gasteiger charge is -2.24. The molecule has 3 nitrogen and oxygen atoms in total. The van der Waals surface area contributed by atoms with E-state index in [0.717, 1.165) is 12.4 Å². The Morgan fingerprint density at radius 1 is 1.11 bits per heavy atom. The van der Waals surface area contributed by atoms with Crippen LogP contribution in [-0.4, -0.2) is 29.0 Å². The van der Waals surface area contributed by atoms with Crippen molar-refractivity contribution in [1.29, 1.82) is 0 Å². The average Bonchev–Trinajstić information content (AvgIpc) is 2.17. The molecule has 0 fully saturated rings. The number of aromatic nitrogens is 2. The molecule has 102 valence electrons. The standard InChI is InChI=1S/C15H27N3/c1-10(2)13-11(3)14(15(4,5)6)17-12(16-13)9-18(7)8/h10H,9H2,1-8H3. The van der Waals surface area contributed by atoms with Crippen molar-refractivity contribution in [2.24, 2.45) is 0 Å². The second kappa shape index (κ2) is 5.35. The SMILES string of the molecule is Cc1c(C(C)C)nc(CN(C)C)nc1C(C)(C)C. The van der Waals surface area contributed by atoms with Crippen molar-refractivity contribution in [2.75, 3.05) is 14.1 Å². The van der Waals surface area contributed by atoms with Gasteiger partial charge in [-0.2, -0.15) is 0 Å². The van der Waals surface area contributed by atoms with Crippen LogP contribution in [0.4, 0.5) is 0 Å². The minimum absolute atomic E-state index is 0.0672. The molecule has 1 aromatic rings. The van der Waals surface area contributed by atoms with Gasteiger partial charge in [-0.05, 0) is 32.5 Å². The summed E-state index contributed by atoms with van der Waals surface area (Å²) in [6.07, 6.45) is 0. The van der Waals surface area contributed by atoms with Gasteiger partial charge in [-0.3, -0.25) is 0 Å². The third-order valence-corrected chi connectivity index (χ3v) is 2.94. The summed E-state index contributed by atoms with van der Waals surface area (Å²) in [5.41, 5.74) is 3.68. The minimum atomic E-state index is 0.0672. The van der Waals surface area contributed by atoms with Crippen LogP contribution >= 0.6 is 0 Å². The molecule has 0 amide bonds. The summed E-state index contributed by atoms with van der Waals surface area (Å²) >= 11 is 0. The lowest BCUT2D eigenvalue weighted by Crippen LogP contribution is -2.22. The van der Waals surface area contributed by atoms with Crippen molar-refractivity contribution < 1.29 is 0 Å². The Labute approximate surface area is 112 Å². The second-order valence-electron chi connectivity index (χ2n) is 6.64. The van der Waals surface area contributed by atoms with E-state index in [1.807, 2.05) is 0 Å². The Morgan fingerprint density at radius 2 is 1.67 bits per heavy atom. The fourth-order valence-electron chi connectivity index (χ4n) is 2.23. The molecule has 0 aliphatic carbocycles. The van der Waals surface area contributed by atoms with Crippen molar-refractivity contribution in [3.05, 3.63) is 22.8 Å². The molecule has 0 saturated heterocycles. The largest absolute Gasteiger partial charge is 0.302 e. The molecule has 0 atom stereocenters. The zero-order chi connectivity index (χ0) is 14.1. The van der Waals surface area contributed by atoms with Gasteiger partial charge < -0.3 is 4.90 Å². The van der Waals surface area contributed by atoms with Crippen LogP contribution in [0.5, 0.6) is 0 Å². The quantitative estimate of drug-likeness (QED) is 0.823. The maximum atomic E-state index is 4.77. The Kier molecular flexibility index (Phi) is 4.49. The number of nitrogens with zero attached hydrogens (tertiary/aromatic N) is 3. The van der Waals surface area contributed by atoms with E-state index in [1.54, 1.807) is 0 Å². The van der Waals surface area contributed by atoms with E-state index in [4.69, 9.17) is 9.97 Å². The third kappa shape index (κ3) is 3.52. The summed E-state index contributed by atoms with van der Waals surface area (Å²) in [5.74, 6) is 1.37. The summed E-state index contributed by atoms with van der Waals surface area (Å²) in [7, 11) is 4.10. The van der Waals surface area contributed by atoms with Gasteiger partial charge >= 0.3 is 0 Å². The molecule has 1 aromatic heterocycles. The first-order valence-corrected chi connectivity index (χ1v) is 6.65. The molecule has 0 radical (unpaired) electrons. The zero-order valence-corrected chi connectivity index (χ0v) is 13.1.